The highest BCUT2D eigenvalue weighted by atomic mass is 15.3. The molecule has 162 valence electrons. The molecule has 0 bridgehead atoms. The molecular formula is C26H28N6. The third-order valence-corrected chi connectivity index (χ3v) is 5.34. The molecule has 0 saturated carbocycles. The molecule has 3 aromatic carbocycles. The zero-order chi connectivity index (χ0) is 22.2. The lowest BCUT2D eigenvalue weighted by Gasteiger charge is -2.15. The Morgan fingerprint density at radius 1 is 0.875 bits per heavy atom. The molecule has 0 aliphatic heterocycles. The molecule has 0 unspecified atom stereocenters. The molecule has 0 atom stereocenters. The van der Waals surface area contributed by atoms with Crippen LogP contribution in [0.5, 0.6) is 0 Å². The molecule has 6 nitrogen and oxygen atoms in total. The number of benzene rings is 3. The molecule has 0 radical (unpaired) electrons. The van der Waals surface area contributed by atoms with Crippen molar-refractivity contribution < 1.29 is 0 Å². The Kier molecular flexibility index (Phi) is 6.92. The fourth-order valence-electron chi connectivity index (χ4n) is 3.54. The summed E-state index contributed by atoms with van der Waals surface area (Å²) >= 11 is 0. The number of rotatable bonds is 7. The van der Waals surface area contributed by atoms with E-state index in [4.69, 9.17) is 0 Å². The lowest BCUT2D eigenvalue weighted by molar-refractivity contribution is 0.685. The first kappa shape index (κ1) is 21.3. The van der Waals surface area contributed by atoms with Crippen LogP contribution in [-0.2, 0) is 19.6 Å². The van der Waals surface area contributed by atoms with Crippen molar-refractivity contribution in [3.63, 3.8) is 0 Å². The molecule has 6 heteroatoms. The molecule has 1 aromatic heterocycles. The van der Waals surface area contributed by atoms with E-state index in [2.05, 4.69) is 105 Å². The van der Waals surface area contributed by atoms with Gasteiger partial charge in [-0.05, 0) is 34.7 Å². The van der Waals surface area contributed by atoms with Crippen LogP contribution in [0.25, 0.3) is 11.1 Å². The number of aryl methyl sites for hydroxylation is 1. The molecule has 0 amide bonds. The van der Waals surface area contributed by atoms with Crippen molar-refractivity contribution >= 4 is 5.96 Å². The number of aliphatic imine (C=N–C) groups is 1. The molecule has 0 fully saturated rings. The molecule has 0 spiro atoms. The van der Waals surface area contributed by atoms with Gasteiger partial charge in [0.2, 0.25) is 0 Å². The van der Waals surface area contributed by atoms with Gasteiger partial charge in [0, 0.05) is 20.1 Å². The molecule has 2 N–H and O–H groups in total. The summed E-state index contributed by atoms with van der Waals surface area (Å²) in [5.41, 5.74) is 7.29. The molecule has 0 aliphatic carbocycles. The van der Waals surface area contributed by atoms with Gasteiger partial charge in [0.1, 0.15) is 12.7 Å². The lowest BCUT2D eigenvalue weighted by Crippen LogP contribution is -2.36. The van der Waals surface area contributed by atoms with Gasteiger partial charge >= 0.3 is 0 Å². The number of guanidine groups is 1. The zero-order valence-corrected chi connectivity index (χ0v) is 18.5. The van der Waals surface area contributed by atoms with Crippen LogP contribution in [0.4, 0.5) is 0 Å². The van der Waals surface area contributed by atoms with Crippen LogP contribution in [0.1, 0.15) is 22.3 Å². The van der Waals surface area contributed by atoms with E-state index in [9.17, 15) is 0 Å². The highest BCUT2D eigenvalue weighted by Gasteiger charge is 2.07. The van der Waals surface area contributed by atoms with Crippen molar-refractivity contribution in [2.45, 2.75) is 26.6 Å². The van der Waals surface area contributed by atoms with E-state index in [-0.39, 0.29) is 0 Å². The fraction of sp³-hybridized carbons (Fsp3) is 0.192. The molecule has 32 heavy (non-hydrogen) atoms. The summed E-state index contributed by atoms with van der Waals surface area (Å²) < 4.78 is 1.82. The molecular weight excluding hydrogens is 396 g/mol. The predicted octanol–water partition coefficient (Wildman–Crippen LogP) is 4.17. The summed E-state index contributed by atoms with van der Waals surface area (Å²) in [5.74, 6) is 0.781. The standard InChI is InChI=1S/C26H28N6/c1-20-7-9-21(10-8-20)15-29-26(27-2)30-16-24-5-3-4-6-25(24)23-13-11-22(12-14-23)17-32-19-28-18-31-32/h3-14,18-19H,15-17H2,1-2H3,(H2,27,29,30). The Hall–Kier alpha value is -3.93. The SMILES string of the molecule is CN=C(NCc1ccc(C)cc1)NCc1ccccc1-c1ccc(Cn2cncn2)cc1. The number of nitrogens with zero attached hydrogens (tertiary/aromatic N) is 4. The first-order valence-electron chi connectivity index (χ1n) is 10.7. The smallest absolute Gasteiger partial charge is 0.191 e. The maximum Gasteiger partial charge on any atom is 0.191 e. The van der Waals surface area contributed by atoms with Gasteiger partial charge in [-0.25, -0.2) is 9.67 Å². The normalized spacial score (nSPS) is 11.4. The average molecular weight is 425 g/mol. The molecule has 4 rings (SSSR count). The van der Waals surface area contributed by atoms with Gasteiger partial charge in [0.25, 0.3) is 0 Å². The molecule has 0 saturated heterocycles. The maximum atomic E-state index is 4.37. The highest BCUT2D eigenvalue weighted by molar-refractivity contribution is 5.80. The van der Waals surface area contributed by atoms with Gasteiger partial charge in [-0.2, -0.15) is 5.10 Å². The quantitative estimate of drug-likeness (QED) is 0.345. The third-order valence-electron chi connectivity index (χ3n) is 5.34. The Morgan fingerprint density at radius 2 is 1.59 bits per heavy atom. The van der Waals surface area contributed by atoms with Crippen molar-refractivity contribution in [1.82, 2.24) is 25.4 Å². The van der Waals surface area contributed by atoms with Gasteiger partial charge in [0.15, 0.2) is 5.96 Å². The third kappa shape index (κ3) is 5.60. The van der Waals surface area contributed by atoms with E-state index in [1.54, 1.807) is 19.7 Å². The predicted molar refractivity (Wildman–Crippen MR) is 129 cm³/mol. The molecule has 4 aromatic rings. The number of nitrogens with one attached hydrogen (secondary N) is 2. The Labute approximate surface area is 189 Å². The maximum absolute atomic E-state index is 4.37. The minimum absolute atomic E-state index is 0.685. The Balaban J connectivity index is 1.39. The second-order valence-electron chi connectivity index (χ2n) is 7.71. The Bertz CT molecular complexity index is 1150. The second-order valence-corrected chi connectivity index (χ2v) is 7.71. The number of aromatic nitrogens is 3. The van der Waals surface area contributed by atoms with Crippen molar-refractivity contribution in [1.29, 1.82) is 0 Å². The number of hydrogen-bond acceptors (Lipinski definition) is 3. The summed E-state index contributed by atoms with van der Waals surface area (Å²) in [6, 6.07) is 25.6. The van der Waals surface area contributed by atoms with Gasteiger partial charge in [0.05, 0.1) is 6.54 Å². The van der Waals surface area contributed by atoms with E-state index < -0.39 is 0 Å². The van der Waals surface area contributed by atoms with E-state index in [0.29, 0.717) is 13.1 Å². The van der Waals surface area contributed by atoms with Crippen LogP contribution in [0, 0.1) is 6.92 Å². The molecule has 1 heterocycles. The monoisotopic (exact) mass is 424 g/mol. The van der Waals surface area contributed by atoms with Crippen molar-refractivity contribution in [2.24, 2.45) is 4.99 Å². The summed E-state index contributed by atoms with van der Waals surface area (Å²) in [5, 5.41) is 11.0. The van der Waals surface area contributed by atoms with Crippen LogP contribution in [-0.4, -0.2) is 27.8 Å². The van der Waals surface area contributed by atoms with Crippen LogP contribution >= 0.6 is 0 Å². The van der Waals surface area contributed by atoms with Crippen molar-refractivity contribution in [3.8, 4) is 11.1 Å². The highest BCUT2D eigenvalue weighted by Crippen LogP contribution is 2.24. The summed E-state index contributed by atoms with van der Waals surface area (Å²) in [6.07, 6.45) is 3.29. The first-order chi connectivity index (χ1) is 15.7. The van der Waals surface area contributed by atoms with Crippen LogP contribution in [0.3, 0.4) is 0 Å². The molecule has 0 aliphatic rings. The van der Waals surface area contributed by atoms with Crippen LogP contribution < -0.4 is 10.6 Å². The van der Waals surface area contributed by atoms with E-state index in [1.165, 1.54) is 33.4 Å². The lowest BCUT2D eigenvalue weighted by atomic mass is 9.98. The fourth-order valence-corrected chi connectivity index (χ4v) is 3.54. The second kappa shape index (κ2) is 10.4. The van der Waals surface area contributed by atoms with Crippen LogP contribution in [0.15, 0.2) is 90.4 Å². The largest absolute Gasteiger partial charge is 0.352 e. The van der Waals surface area contributed by atoms with Crippen molar-refractivity contribution in [2.75, 3.05) is 7.05 Å². The summed E-state index contributed by atoms with van der Waals surface area (Å²) in [7, 11) is 1.80. The van der Waals surface area contributed by atoms with E-state index >= 15 is 0 Å². The Morgan fingerprint density at radius 3 is 2.31 bits per heavy atom. The van der Waals surface area contributed by atoms with Crippen LogP contribution in [0.2, 0.25) is 0 Å². The topological polar surface area (TPSA) is 67.1 Å². The van der Waals surface area contributed by atoms with Gasteiger partial charge in [-0.3, -0.25) is 4.99 Å². The average Bonchev–Trinajstić information content (AvgIpc) is 3.34. The summed E-state index contributed by atoms with van der Waals surface area (Å²) in [4.78, 5) is 8.37. The van der Waals surface area contributed by atoms with E-state index in [1.807, 2.05) is 4.68 Å². The minimum atomic E-state index is 0.685. The van der Waals surface area contributed by atoms with E-state index in [0.717, 1.165) is 12.5 Å². The number of hydrogen-bond donors (Lipinski definition) is 2. The minimum Gasteiger partial charge on any atom is -0.352 e. The van der Waals surface area contributed by atoms with Gasteiger partial charge < -0.3 is 10.6 Å². The summed E-state index contributed by atoms with van der Waals surface area (Å²) in [6.45, 7) is 4.23. The first-order valence-corrected chi connectivity index (χ1v) is 10.7. The van der Waals surface area contributed by atoms with Crippen molar-refractivity contribution in [3.05, 3.63) is 108 Å². The van der Waals surface area contributed by atoms with Gasteiger partial charge in [-0.15, -0.1) is 0 Å². The van der Waals surface area contributed by atoms with Gasteiger partial charge in [-0.1, -0.05) is 78.4 Å². The zero-order valence-electron chi connectivity index (χ0n) is 18.5.